The first-order valence-corrected chi connectivity index (χ1v) is 12.1. The third kappa shape index (κ3) is 7.87. The molecule has 3 rings (SSSR count). The molecule has 3 aromatic carbocycles. The molecule has 0 aliphatic carbocycles. The second kappa shape index (κ2) is 12.3. The van der Waals surface area contributed by atoms with Gasteiger partial charge in [-0.05, 0) is 71.1 Å². The quantitative estimate of drug-likeness (QED) is 0.302. The van der Waals surface area contributed by atoms with Crippen molar-refractivity contribution in [3.63, 3.8) is 0 Å². The van der Waals surface area contributed by atoms with Crippen molar-refractivity contribution in [3.8, 4) is 11.1 Å². The Hall–Kier alpha value is -3.23. The predicted molar refractivity (Wildman–Crippen MR) is 137 cm³/mol. The van der Waals surface area contributed by atoms with Crippen LogP contribution in [-0.4, -0.2) is 30.6 Å². The highest BCUT2D eigenvalue weighted by atomic mass is 35.5. The van der Waals surface area contributed by atoms with Gasteiger partial charge in [0.05, 0.1) is 19.1 Å². The Balaban J connectivity index is 1.93. The van der Waals surface area contributed by atoms with Crippen LogP contribution in [0.3, 0.4) is 0 Å². The van der Waals surface area contributed by atoms with Gasteiger partial charge in [-0.3, -0.25) is 4.79 Å². The van der Waals surface area contributed by atoms with Crippen LogP contribution in [0.5, 0.6) is 0 Å². The number of carbonyl (C=O) groups is 2. The molecule has 0 fully saturated rings. The van der Waals surface area contributed by atoms with Gasteiger partial charge in [0.15, 0.2) is 0 Å². The van der Waals surface area contributed by atoms with Gasteiger partial charge >= 0.3 is 18.2 Å². The Morgan fingerprint density at radius 3 is 2.27 bits per heavy atom. The number of nitrogens with one attached hydrogen (secondary N) is 1. The molecule has 2 amide bonds. The number of methoxy groups -OCH3 is 1. The fourth-order valence-corrected chi connectivity index (χ4v) is 4.14. The molecule has 0 aliphatic heterocycles. The highest BCUT2D eigenvalue weighted by Crippen LogP contribution is 2.35. The number of urea groups is 1. The van der Waals surface area contributed by atoms with Gasteiger partial charge < -0.3 is 15.0 Å². The summed E-state index contributed by atoms with van der Waals surface area (Å²) in [6.45, 7) is 2.14. The fraction of sp³-hybridized carbons (Fsp3) is 0.259. The summed E-state index contributed by atoms with van der Waals surface area (Å²) in [6.07, 6.45) is -4.61. The van der Waals surface area contributed by atoms with Crippen molar-refractivity contribution in [1.29, 1.82) is 0 Å². The summed E-state index contributed by atoms with van der Waals surface area (Å²) in [7, 11) is 1.26. The van der Waals surface area contributed by atoms with Gasteiger partial charge in [-0.2, -0.15) is 13.2 Å². The first kappa shape index (κ1) is 28.3. The summed E-state index contributed by atoms with van der Waals surface area (Å²) >= 11 is 12.2. The first-order chi connectivity index (χ1) is 17.5. The zero-order chi connectivity index (χ0) is 27.2. The van der Waals surface area contributed by atoms with Gasteiger partial charge in [0.25, 0.3) is 0 Å². The summed E-state index contributed by atoms with van der Waals surface area (Å²) in [5.74, 6) is -0.477. The maximum absolute atomic E-state index is 13.6. The van der Waals surface area contributed by atoms with E-state index in [0.29, 0.717) is 26.7 Å². The summed E-state index contributed by atoms with van der Waals surface area (Å²) in [6, 6.07) is 14.8. The number of nitrogens with zero attached hydrogens (tertiary/aromatic N) is 1. The van der Waals surface area contributed by atoms with E-state index < -0.39 is 23.7 Å². The molecular formula is C27H25Cl2F3N2O3. The molecule has 0 radical (unpaired) electrons. The maximum atomic E-state index is 13.6. The number of rotatable bonds is 8. The highest BCUT2D eigenvalue weighted by molar-refractivity contribution is 6.31. The molecule has 0 saturated heterocycles. The van der Waals surface area contributed by atoms with E-state index in [-0.39, 0.29) is 31.6 Å². The molecule has 0 saturated carbocycles. The van der Waals surface area contributed by atoms with Crippen molar-refractivity contribution in [2.24, 2.45) is 0 Å². The van der Waals surface area contributed by atoms with Crippen LogP contribution < -0.4 is 5.32 Å². The lowest BCUT2D eigenvalue weighted by molar-refractivity contribution is -0.140. The standard InChI is InChI=1S/C27H25Cl2F3N2O3/c1-3-34(26(36)33-15-17-4-7-22(28)8-5-17)16-20-13-21(27(30,31)32)6-9-24(20)19-10-18(11-23(29)14-19)12-25(35)37-2/h4-11,13-14H,3,12,15-16H2,1-2H3,(H,33,36). The molecule has 196 valence electrons. The van der Waals surface area contributed by atoms with Crippen molar-refractivity contribution in [1.82, 2.24) is 10.2 Å². The topological polar surface area (TPSA) is 58.6 Å². The molecule has 0 heterocycles. The molecule has 0 spiro atoms. The zero-order valence-corrected chi connectivity index (χ0v) is 21.7. The number of esters is 1. The maximum Gasteiger partial charge on any atom is 0.416 e. The Labute approximate surface area is 223 Å². The average Bonchev–Trinajstić information content (AvgIpc) is 2.85. The minimum Gasteiger partial charge on any atom is -0.469 e. The van der Waals surface area contributed by atoms with Gasteiger partial charge in [-0.1, -0.05) is 47.5 Å². The normalized spacial score (nSPS) is 11.2. The third-order valence-corrected chi connectivity index (χ3v) is 6.13. The molecule has 3 aromatic rings. The lowest BCUT2D eigenvalue weighted by Gasteiger charge is -2.24. The molecule has 0 bridgehead atoms. The minimum atomic E-state index is -4.56. The van der Waals surface area contributed by atoms with E-state index in [2.05, 4.69) is 5.32 Å². The van der Waals surface area contributed by atoms with E-state index >= 15 is 0 Å². The van der Waals surface area contributed by atoms with Gasteiger partial charge in [-0.15, -0.1) is 0 Å². The number of amides is 2. The number of carbonyl (C=O) groups excluding carboxylic acids is 2. The van der Waals surface area contributed by atoms with Gasteiger partial charge in [0.1, 0.15) is 0 Å². The smallest absolute Gasteiger partial charge is 0.416 e. The fourth-order valence-electron chi connectivity index (χ4n) is 3.75. The second-order valence-electron chi connectivity index (χ2n) is 8.27. The summed E-state index contributed by atoms with van der Waals surface area (Å²) in [4.78, 5) is 26.1. The zero-order valence-electron chi connectivity index (χ0n) is 20.2. The molecule has 0 aliphatic rings. The van der Waals surface area contributed by atoms with E-state index in [1.807, 2.05) is 0 Å². The van der Waals surface area contributed by atoms with Crippen LogP contribution in [0.2, 0.25) is 10.0 Å². The number of halogens is 5. The largest absolute Gasteiger partial charge is 0.469 e. The molecule has 10 heteroatoms. The van der Waals surface area contributed by atoms with Gasteiger partial charge in [-0.25, -0.2) is 4.79 Å². The van der Waals surface area contributed by atoms with Crippen LogP contribution in [0.25, 0.3) is 11.1 Å². The number of ether oxygens (including phenoxy) is 1. The molecule has 0 atom stereocenters. The first-order valence-electron chi connectivity index (χ1n) is 11.3. The monoisotopic (exact) mass is 552 g/mol. The lowest BCUT2D eigenvalue weighted by atomic mass is 9.95. The Bertz CT molecular complexity index is 1260. The predicted octanol–water partition coefficient (Wildman–Crippen LogP) is 7.13. The van der Waals surface area contributed by atoms with Crippen molar-refractivity contribution < 1.29 is 27.5 Å². The van der Waals surface area contributed by atoms with E-state index in [0.717, 1.165) is 17.7 Å². The molecule has 37 heavy (non-hydrogen) atoms. The van der Waals surface area contributed by atoms with Crippen LogP contribution in [0, 0.1) is 0 Å². The average molecular weight is 553 g/mol. The summed E-state index contributed by atoms with van der Waals surface area (Å²) in [5, 5.41) is 3.67. The van der Waals surface area contributed by atoms with E-state index in [1.54, 1.807) is 49.4 Å². The van der Waals surface area contributed by atoms with Crippen LogP contribution in [-0.2, 0) is 35.2 Å². The molecule has 0 aromatic heterocycles. The second-order valence-corrected chi connectivity index (χ2v) is 9.14. The van der Waals surface area contributed by atoms with Crippen molar-refractivity contribution in [2.75, 3.05) is 13.7 Å². The van der Waals surface area contributed by atoms with Crippen LogP contribution in [0.4, 0.5) is 18.0 Å². The molecule has 5 nitrogen and oxygen atoms in total. The number of hydrogen-bond donors (Lipinski definition) is 1. The van der Waals surface area contributed by atoms with Gasteiger partial charge in [0, 0.05) is 29.7 Å². The van der Waals surface area contributed by atoms with Crippen molar-refractivity contribution in [2.45, 2.75) is 32.6 Å². The number of alkyl halides is 3. The van der Waals surface area contributed by atoms with E-state index in [4.69, 9.17) is 27.9 Å². The molecule has 1 N–H and O–H groups in total. The summed E-state index contributed by atoms with van der Waals surface area (Å²) < 4.78 is 45.4. The number of benzene rings is 3. The van der Waals surface area contributed by atoms with E-state index in [9.17, 15) is 22.8 Å². The van der Waals surface area contributed by atoms with Crippen molar-refractivity contribution >= 4 is 35.2 Å². The van der Waals surface area contributed by atoms with Gasteiger partial charge in [0.2, 0.25) is 0 Å². The third-order valence-electron chi connectivity index (χ3n) is 5.66. The van der Waals surface area contributed by atoms with E-state index in [1.165, 1.54) is 18.1 Å². The Kier molecular flexibility index (Phi) is 9.45. The minimum absolute atomic E-state index is 0.0474. The number of hydrogen-bond acceptors (Lipinski definition) is 3. The molecular weight excluding hydrogens is 528 g/mol. The summed E-state index contributed by atoms with van der Waals surface area (Å²) in [5.41, 5.74) is 1.81. The van der Waals surface area contributed by atoms with Crippen LogP contribution >= 0.6 is 23.2 Å². The molecule has 0 unspecified atom stereocenters. The highest BCUT2D eigenvalue weighted by Gasteiger charge is 2.31. The van der Waals surface area contributed by atoms with Crippen molar-refractivity contribution in [3.05, 3.63) is 93.0 Å². The SMILES string of the molecule is CCN(Cc1cc(C(F)(F)F)ccc1-c1cc(Cl)cc(CC(=O)OC)c1)C(=O)NCc1ccc(Cl)cc1. The Morgan fingerprint density at radius 1 is 0.946 bits per heavy atom. The van der Waals surface area contributed by atoms with Crippen LogP contribution in [0.1, 0.15) is 29.2 Å². The van der Waals surface area contributed by atoms with Crippen LogP contribution in [0.15, 0.2) is 60.7 Å². The lowest BCUT2D eigenvalue weighted by Crippen LogP contribution is -2.39. The Morgan fingerprint density at radius 2 is 1.65 bits per heavy atom.